The second-order valence-electron chi connectivity index (χ2n) is 4.28. The minimum atomic E-state index is -3.85. The molecular weight excluding hydrogens is 305 g/mol. The molecule has 0 aliphatic carbocycles. The predicted molar refractivity (Wildman–Crippen MR) is 71.5 cm³/mol. The van der Waals surface area contributed by atoms with Crippen LogP contribution >= 0.6 is 0 Å². The van der Waals surface area contributed by atoms with Crippen molar-refractivity contribution in [3.8, 4) is 0 Å². The Kier molecular flexibility index (Phi) is 4.19. The number of sulfonamides is 1. The highest BCUT2D eigenvalue weighted by molar-refractivity contribution is 7.89. The molecule has 0 spiro atoms. The number of hydrogen-bond donors (Lipinski definition) is 2. The minimum Gasteiger partial charge on any atom is -0.381 e. The Labute approximate surface area is 119 Å². The highest BCUT2D eigenvalue weighted by atomic mass is 32.2. The maximum absolute atomic E-state index is 13.4. The first kappa shape index (κ1) is 15.3. The van der Waals surface area contributed by atoms with Crippen molar-refractivity contribution < 1.29 is 21.6 Å². The first-order valence-electron chi connectivity index (χ1n) is 5.77. The lowest BCUT2D eigenvalue weighted by Crippen LogP contribution is -2.12. The van der Waals surface area contributed by atoms with E-state index >= 15 is 0 Å². The molecule has 8 heteroatoms. The fourth-order valence-corrected chi connectivity index (χ4v) is 2.24. The van der Waals surface area contributed by atoms with Gasteiger partial charge in [-0.25, -0.2) is 26.7 Å². The van der Waals surface area contributed by atoms with Gasteiger partial charge in [0.2, 0.25) is 10.0 Å². The van der Waals surface area contributed by atoms with Crippen molar-refractivity contribution in [2.45, 2.75) is 11.4 Å². The van der Waals surface area contributed by atoms with Crippen molar-refractivity contribution in [2.24, 2.45) is 5.14 Å². The van der Waals surface area contributed by atoms with Gasteiger partial charge in [-0.15, -0.1) is 0 Å². The molecule has 2 aromatic carbocycles. The van der Waals surface area contributed by atoms with E-state index in [0.29, 0.717) is 11.8 Å². The molecule has 0 fully saturated rings. The van der Waals surface area contributed by atoms with Crippen molar-refractivity contribution in [1.29, 1.82) is 0 Å². The first-order valence-corrected chi connectivity index (χ1v) is 7.32. The fraction of sp³-hybridized carbons (Fsp3) is 0.0769. The lowest BCUT2D eigenvalue weighted by atomic mass is 10.2. The lowest BCUT2D eigenvalue weighted by Gasteiger charge is -2.09. The number of rotatable bonds is 4. The molecule has 0 aliphatic rings. The zero-order valence-corrected chi connectivity index (χ0v) is 11.4. The molecule has 0 saturated carbocycles. The highest BCUT2D eigenvalue weighted by Crippen LogP contribution is 2.18. The zero-order valence-electron chi connectivity index (χ0n) is 10.6. The Morgan fingerprint density at radius 3 is 2.33 bits per heavy atom. The van der Waals surface area contributed by atoms with Gasteiger partial charge in [0, 0.05) is 23.9 Å². The molecule has 21 heavy (non-hydrogen) atoms. The van der Waals surface area contributed by atoms with Gasteiger partial charge < -0.3 is 5.32 Å². The first-order chi connectivity index (χ1) is 9.77. The number of nitrogens with two attached hydrogens (primary N) is 1. The van der Waals surface area contributed by atoms with Crippen LogP contribution in [0.2, 0.25) is 0 Å². The van der Waals surface area contributed by atoms with Crippen LogP contribution in [0.5, 0.6) is 0 Å². The molecular formula is C13H11F3N2O2S. The standard InChI is InChI=1S/C13H11F3N2O2S/c14-11-6-13(16)12(15)4-8(11)7-18-9-2-1-3-10(5-9)21(17,19)20/h1-6,18H,7H2,(H2,17,19,20). The number of hydrogen-bond acceptors (Lipinski definition) is 3. The van der Waals surface area contributed by atoms with E-state index in [1.54, 1.807) is 0 Å². The topological polar surface area (TPSA) is 72.2 Å². The van der Waals surface area contributed by atoms with Crippen LogP contribution in [0, 0.1) is 17.5 Å². The average molecular weight is 316 g/mol. The van der Waals surface area contributed by atoms with Gasteiger partial charge in [0.1, 0.15) is 5.82 Å². The van der Waals surface area contributed by atoms with Crippen LogP contribution in [0.1, 0.15) is 5.56 Å². The van der Waals surface area contributed by atoms with E-state index < -0.39 is 27.5 Å². The summed E-state index contributed by atoms with van der Waals surface area (Å²) in [6.45, 7) is -0.142. The molecule has 112 valence electrons. The van der Waals surface area contributed by atoms with Gasteiger partial charge in [0.05, 0.1) is 4.90 Å². The molecule has 0 atom stereocenters. The third-order valence-electron chi connectivity index (χ3n) is 2.73. The Morgan fingerprint density at radius 2 is 1.67 bits per heavy atom. The van der Waals surface area contributed by atoms with Gasteiger partial charge in [-0.3, -0.25) is 0 Å². The molecule has 0 bridgehead atoms. The lowest BCUT2D eigenvalue weighted by molar-refractivity contribution is 0.490. The van der Waals surface area contributed by atoms with Crippen molar-refractivity contribution in [1.82, 2.24) is 0 Å². The number of halogens is 3. The monoisotopic (exact) mass is 316 g/mol. The Morgan fingerprint density at radius 1 is 1.00 bits per heavy atom. The summed E-state index contributed by atoms with van der Waals surface area (Å²) < 4.78 is 61.7. The van der Waals surface area contributed by atoms with Gasteiger partial charge in [0.15, 0.2) is 11.6 Å². The van der Waals surface area contributed by atoms with Crippen molar-refractivity contribution >= 4 is 15.7 Å². The van der Waals surface area contributed by atoms with Crippen molar-refractivity contribution in [2.75, 3.05) is 5.32 Å². The molecule has 0 amide bonds. The van der Waals surface area contributed by atoms with Gasteiger partial charge in [0.25, 0.3) is 0 Å². The summed E-state index contributed by atoms with van der Waals surface area (Å²) in [5.41, 5.74) is 0.264. The SMILES string of the molecule is NS(=O)(=O)c1cccc(NCc2cc(F)c(F)cc2F)c1. The molecule has 2 rings (SSSR count). The van der Waals surface area contributed by atoms with Crippen molar-refractivity contribution in [3.63, 3.8) is 0 Å². The predicted octanol–water partition coefficient (Wildman–Crippen LogP) is 2.36. The van der Waals surface area contributed by atoms with Crippen LogP contribution in [0.3, 0.4) is 0 Å². The fourth-order valence-electron chi connectivity index (χ4n) is 1.68. The largest absolute Gasteiger partial charge is 0.381 e. The summed E-state index contributed by atoms with van der Waals surface area (Å²) in [4.78, 5) is -0.113. The van der Waals surface area contributed by atoms with E-state index in [9.17, 15) is 21.6 Å². The summed E-state index contributed by atoms with van der Waals surface area (Å²) in [6.07, 6.45) is 0. The average Bonchev–Trinajstić information content (AvgIpc) is 2.41. The normalized spacial score (nSPS) is 11.4. The maximum Gasteiger partial charge on any atom is 0.238 e. The number of benzene rings is 2. The molecule has 0 saturated heterocycles. The Balaban J connectivity index is 2.19. The molecule has 0 heterocycles. The number of anilines is 1. The minimum absolute atomic E-state index is 0.0880. The van der Waals surface area contributed by atoms with Crippen molar-refractivity contribution in [3.05, 3.63) is 59.4 Å². The molecule has 0 unspecified atom stereocenters. The molecule has 4 nitrogen and oxygen atoms in total. The van der Waals surface area contributed by atoms with E-state index in [0.717, 1.165) is 6.07 Å². The number of nitrogens with one attached hydrogen (secondary N) is 1. The van der Waals surface area contributed by atoms with Crippen LogP contribution in [0.25, 0.3) is 0 Å². The van der Waals surface area contributed by atoms with Gasteiger partial charge in [-0.2, -0.15) is 0 Å². The van der Waals surface area contributed by atoms with E-state index in [1.807, 2.05) is 0 Å². The smallest absolute Gasteiger partial charge is 0.238 e. The molecule has 3 N–H and O–H groups in total. The van der Waals surface area contributed by atoms with E-state index in [4.69, 9.17) is 5.14 Å². The zero-order chi connectivity index (χ0) is 15.6. The van der Waals surface area contributed by atoms with Crippen LogP contribution in [0.15, 0.2) is 41.3 Å². The summed E-state index contributed by atoms with van der Waals surface area (Å²) in [5.74, 6) is -3.33. The van der Waals surface area contributed by atoms with E-state index in [-0.39, 0.29) is 17.0 Å². The summed E-state index contributed by atoms with van der Waals surface area (Å²) in [7, 11) is -3.85. The molecule has 0 radical (unpaired) electrons. The van der Waals surface area contributed by atoms with Crippen LogP contribution < -0.4 is 10.5 Å². The Hall–Kier alpha value is -2.06. The Bertz CT molecular complexity index is 779. The van der Waals surface area contributed by atoms with Crippen LogP contribution in [-0.2, 0) is 16.6 Å². The van der Waals surface area contributed by atoms with Crippen LogP contribution in [-0.4, -0.2) is 8.42 Å². The molecule has 2 aromatic rings. The second kappa shape index (κ2) is 5.74. The van der Waals surface area contributed by atoms with Gasteiger partial charge >= 0.3 is 0 Å². The quantitative estimate of drug-likeness (QED) is 0.851. The number of primary sulfonamides is 1. The van der Waals surface area contributed by atoms with Gasteiger partial charge in [-0.05, 0) is 24.3 Å². The van der Waals surface area contributed by atoms with Gasteiger partial charge in [-0.1, -0.05) is 6.07 Å². The van der Waals surface area contributed by atoms with E-state index in [2.05, 4.69) is 5.32 Å². The third kappa shape index (κ3) is 3.73. The molecule has 0 aliphatic heterocycles. The van der Waals surface area contributed by atoms with Crippen LogP contribution in [0.4, 0.5) is 18.9 Å². The summed E-state index contributed by atoms with van der Waals surface area (Å²) >= 11 is 0. The second-order valence-corrected chi connectivity index (χ2v) is 5.85. The maximum atomic E-state index is 13.4. The van der Waals surface area contributed by atoms with E-state index in [1.165, 1.54) is 24.3 Å². The molecule has 0 aromatic heterocycles. The highest BCUT2D eigenvalue weighted by Gasteiger charge is 2.11. The summed E-state index contributed by atoms with van der Waals surface area (Å²) in [5, 5.41) is 7.70. The third-order valence-corrected chi connectivity index (χ3v) is 3.65. The summed E-state index contributed by atoms with van der Waals surface area (Å²) in [6, 6.07) is 6.73.